The van der Waals surface area contributed by atoms with Crippen molar-refractivity contribution >= 4 is 17.2 Å². The summed E-state index contributed by atoms with van der Waals surface area (Å²) in [5, 5.41) is 12.9. The highest BCUT2D eigenvalue weighted by molar-refractivity contribution is 7.15. The minimum absolute atomic E-state index is 0.551. The third-order valence-corrected chi connectivity index (χ3v) is 3.48. The average Bonchev–Trinajstić information content (AvgIpc) is 2.67. The van der Waals surface area contributed by atoms with E-state index >= 15 is 0 Å². The van der Waals surface area contributed by atoms with E-state index in [0.717, 1.165) is 21.3 Å². The number of thiazole rings is 1. The number of rotatable bonds is 2. The van der Waals surface area contributed by atoms with Gasteiger partial charge in [-0.2, -0.15) is 5.26 Å². The average molecular weight is 244 g/mol. The van der Waals surface area contributed by atoms with Crippen LogP contribution in [-0.2, 0) is 0 Å². The number of hydrogen-bond acceptors (Lipinski definition) is 5. The van der Waals surface area contributed by atoms with E-state index in [-0.39, 0.29) is 0 Å². The molecule has 0 aliphatic heterocycles. The van der Waals surface area contributed by atoms with Crippen LogP contribution >= 0.6 is 11.3 Å². The minimum atomic E-state index is 0.551. The molecule has 4 nitrogen and oxygen atoms in total. The zero-order valence-electron chi connectivity index (χ0n) is 9.90. The molecule has 2 aromatic rings. The lowest BCUT2D eigenvalue weighted by Gasteiger charge is -2.04. The molecule has 1 N–H and O–H groups in total. The number of nitrogens with zero attached hydrogens (tertiary/aromatic N) is 3. The SMILES string of the molecule is CNc1nc(-c2sc(C)nc2C)ccc1C#N. The molecule has 0 aromatic carbocycles. The third kappa shape index (κ3) is 2.12. The van der Waals surface area contributed by atoms with Crippen molar-refractivity contribution in [2.45, 2.75) is 13.8 Å². The van der Waals surface area contributed by atoms with Crippen LogP contribution in [0.15, 0.2) is 12.1 Å². The van der Waals surface area contributed by atoms with Crippen molar-refractivity contribution in [2.75, 3.05) is 12.4 Å². The maximum Gasteiger partial charge on any atom is 0.144 e. The summed E-state index contributed by atoms with van der Waals surface area (Å²) in [4.78, 5) is 9.88. The summed E-state index contributed by atoms with van der Waals surface area (Å²) < 4.78 is 0. The molecule has 5 heteroatoms. The maximum atomic E-state index is 8.93. The van der Waals surface area contributed by atoms with Crippen LogP contribution in [0, 0.1) is 25.2 Å². The predicted octanol–water partition coefficient (Wildman–Crippen LogP) is 2.74. The molecular weight excluding hydrogens is 232 g/mol. The van der Waals surface area contributed by atoms with Crippen molar-refractivity contribution in [3.8, 4) is 16.6 Å². The van der Waals surface area contributed by atoms with Crippen molar-refractivity contribution < 1.29 is 0 Å². The molecule has 2 aromatic heterocycles. The monoisotopic (exact) mass is 244 g/mol. The van der Waals surface area contributed by atoms with E-state index < -0.39 is 0 Å². The number of anilines is 1. The molecule has 0 saturated carbocycles. The van der Waals surface area contributed by atoms with Gasteiger partial charge in [0.15, 0.2) is 0 Å². The molecule has 0 spiro atoms. The lowest BCUT2D eigenvalue weighted by Crippen LogP contribution is -1.97. The van der Waals surface area contributed by atoms with Gasteiger partial charge in [0.2, 0.25) is 0 Å². The first-order valence-electron chi connectivity index (χ1n) is 5.19. The highest BCUT2D eigenvalue weighted by atomic mass is 32.1. The van der Waals surface area contributed by atoms with E-state index in [1.807, 2.05) is 19.9 Å². The number of nitrogens with one attached hydrogen (secondary N) is 1. The van der Waals surface area contributed by atoms with Gasteiger partial charge in [0.05, 0.1) is 26.8 Å². The zero-order chi connectivity index (χ0) is 12.4. The Bertz CT molecular complexity index is 595. The first-order valence-corrected chi connectivity index (χ1v) is 6.00. The Hall–Kier alpha value is -1.93. The molecule has 0 aliphatic carbocycles. The largest absolute Gasteiger partial charge is 0.372 e. The molecule has 0 fully saturated rings. The van der Waals surface area contributed by atoms with E-state index in [0.29, 0.717) is 11.4 Å². The van der Waals surface area contributed by atoms with Crippen LogP contribution in [0.1, 0.15) is 16.3 Å². The highest BCUT2D eigenvalue weighted by Crippen LogP contribution is 2.29. The van der Waals surface area contributed by atoms with Crippen molar-refractivity contribution in [3.63, 3.8) is 0 Å². The Morgan fingerprint density at radius 3 is 2.59 bits per heavy atom. The second-order valence-electron chi connectivity index (χ2n) is 3.60. The van der Waals surface area contributed by atoms with Crippen LogP contribution in [-0.4, -0.2) is 17.0 Å². The summed E-state index contributed by atoms with van der Waals surface area (Å²) in [6, 6.07) is 5.75. The van der Waals surface area contributed by atoms with E-state index in [1.54, 1.807) is 24.5 Å². The van der Waals surface area contributed by atoms with Crippen LogP contribution in [0.3, 0.4) is 0 Å². The third-order valence-electron chi connectivity index (χ3n) is 2.39. The Morgan fingerprint density at radius 2 is 2.06 bits per heavy atom. The molecule has 2 rings (SSSR count). The normalized spacial score (nSPS) is 10.0. The van der Waals surface area contributed by atoms with Gasteiger partial charge in [-0.1, -0.05) is 0 Å². The first kappa shape index (κ1) is 11.6. The van der Waals surface area contributed by atoms with Crippen molar-refractivity contribution in [2.24, 2.45) is 0 Å². The summed E-state index contributed by atoms with van der Waals surface area (Å²) in [6.07, 6.45) is 0. The highest BCUT2D eigenvalue weighted by Gasteiger charge is 2.11. The summed E-state index contributed by atoms with van der Waals surface area (Å²) in [7, 11) is 1.76. The second-order valence-corrected chi connectivity index (χ2v) is 4.81. The molecule has 17 heavy (non-hydrogen) atoms. The Balaban J connectivity index is 2.54. The molecule has 2 heterocycles. The van der Waals surface area contributed by atoms with E-state index in [9.17, 15) is 0 Å². The summed E-state index contributed by atoms with van der Waals surface area (Å²) in [6.45, 7) is 3.95. The zero-order valence-corrected chi connectivity index (χ0v) is 10.7. The molecule has 0 aliphatic rings. The molecule has 0 amide bonds. The first-order chi connectivity index (χ1) is 8.15. The fourth-order valence-corrected chi connectivity index (χ4v) is 2.52. The van der Waals surface area contributed by atoms with Crippen LogP contribution in [0.2, 0.25) is 0 Å². The minimum Gasteiger partial charge on any atom is -0.372 e. The van der Waals surface area contributed by atoms with Gasteiger partial charge in [0.1, 0.15) is 11.9 Å². The summed E-state index contributed by atoms with van der Waals surface area (Å²) in [5.41, 5.74) is 2.39. The van der Waals surface area contributed by atoms with E-state index in [2.05, 4.69) is 21.4 Å². The number of pyridine rings is 1. The van der Waals surface area contributed by atoms with E-state index in [1.165, 1.54) is 0 Å². The molecule has 0 radical (unpaired) electrons. The molecule has 0 unspecified atom stereocenters. The van der Waals surface area contributed by atoms with Gasteiger partial charge >= 0.3 is 0 Å². The quantitative estimate of drug-likeness (QED) is 0.882. The van der Waals surface area contributed by atoms with Gasteiger partial charge in [0.25, 0.3) is 0 Å². The molecule has 0 saturated heterocycles. The van der Waals surface area contributed by atoms with Gasteiger partial charge in [-0.3, -0.25) is 0 Å². The Labute approximate surface area is 104 Å². The smallest absolute Gasteiger partial charge is 0.144 e. The number of aryl methyl sites for hydroxylation is 2. The predicted molar refractivity (Wildman–Crippen MR) is 69.1 cm³/mol. The van der Waals surface area contributed by atoms with Crippen LogP contribution in [0.25, 0.3) is 10.6 Å². The van der Waals surface area contributed by atoms with Crippen molar-refractivity contribution in [3.05, 3.63) is 28.4 Å². The Kier molecular flexibility index (Phi) is 3.07. The van der Waals surface area contributed by atoms with Crippen molar-refractivity contribution in [1.82, 2.24) is 9.97 Å². The molecule has 0 bridgehead atoms. The topological polar surface area (TPSA) is 61.6 Å². The summed E-state index contributed by atoms with van der Waals surface area (Å²) >= 11 is 1.62. The van der Waals surface area contributed by atoms with Crippen LogP contribution in [0.4, 0.5) is 5.82 Å². The fourth-order valence-electron chi connectivity index (χ4n) is 1.64. The van der Waals surface area contributed by atoms with Gasteiger partial charge in [-0.15, -0.1) is 11.3 Å². The summed E-state index contributed by atoms with van der Waals surface area (Å²) in [5.74, 6) is 0.607. The van der Waals surface area contributed by atoms with E-state index in [4.69, 9.17) is 5.26 Å². The van der Waals surface area contributed by atoms with Gasteiger partial charge in [-0.25, -0.2) is 9.97 Å². The van der Waals surface area contributed by atoms with Gasteiger partial charge in [0, 0.05) is 7.05 Å². The molecule has 0 atom stereocenters. The number of aromatic nitrogens is 2. The lowest BCUT2D eigenvalue weighted by atomic mass is 10.2. The molecule has 86 valence electrons. The standard InChI is InChI=1S/C12H12N4S/c1-7-11(17-8(2)15-7)10-5-4-9(6-13)12(14-3)16-10/h4-5H,1-3H3,(H,14,16). The molecular formula is C12H12N4S. The maximum absolute atomic E-state index is 8.93. The van der Waals surface area contributed by atoms with Crippen LogP contribution in [0.5, 0.6) is 0 Å². The van der Waals surface area contributed by atoms with Crippen molar-refractivity contribution in [1.29, 1.82) is 5.26 Å². The van der Waals surface area contributed by atoms with Gasteiger partial charge in [-0.05, 0) is 26.0 Å². The Morgan fingerprint density at radius 1 is 1.29 bits per heavy atom. The number of nitriles is 1. The van der Waals surface area contributed by atoms with Crippen LogP contribution < -0.4 is 5.32 Å². The van der Waals surface area contributed by atoms with Gasteiger partial charge < -0.3 is 5.32 Å². The number of hydrogen-bond donors (Lipinski definition) is 1. The fraction of sp³-hybridized carbons (Fsp3) is 0.250. The lowest BCUT2D eigenvalue weighted by molar-refractivity contribution is 1.19. The second kappa shape index (κ2) is 4.52.